The number of benzene rings is 1. The van der Waals surface area contributed by atoms with Gasteiger partial charge in [-0.15, -0.1) is 0 Å². The van der Waals surface area contributed by atoms with Crippen molar-refractivity contribution in [1.82, 2.24) is 19.4 Å². The number of halogens is 2. The van der Waals surface area contributed by atoms with Crippen LogP contribution in [-0.4, -0.2) is 40.9 Å². The van der Waals surface area contributed by atoms with Gasteiger partial charge >= 0.3 is 0 Å². The summed E-state index contributed by atoms with van der Waals surface area (Å²) in [6, 6.07) is 6.07. The van der Waals surface area contributed by atoms with E-state index in [1.165, 1.54) is 4.31 Å². The lowest BCUT2D eigenvalue weighted by atomic mass is 9.95. The van der Waals surface area contributed by atoms with E-state index in [0.29, 0.717) is 31.0 Å². The monoisotopic (exact) mass is 434 g/mol. The molecule has 158 valence electrons. The van der Waals surface area contributed by atoms with Crippen LogP contribution >= 0.6 is 0 Å². The van der Waals surface area contributed by atoms with E-state index in [2.05, 4.69) is 15.1 Å². The number of hydrogen-bond acceptors (Lipinski definition) is 6. The van der Waals surface area contributed by atoms with Crippen LogP contribution in [-0.2, 0) is 16.4 Å². The maximum atomic E-state index is 14.0. The highest BCUT2D eigenvalue weighted by atomic mass is 32.2. The molecule has 0 spiro atoms. The fraction of sp³-hybridized carbons (Fsp3) is 0.350. The van der Waals surface area contributed by atoms with Crippen LogP contribution in [0.15, 0.2) is 52.1 Å². The Hall–Kier alpha value is -2.72. The second-order valence-corrected chi connectivity index (χ2v) is 9.14. The normalized spacial score (nSPS) is 17.9. The minimum absolute atomic E-state index is 0.0545. The van der Waals surface area contributed by atoms with Gasteiger partial charge in [-0.25, -0.2) is 17.2 Å². The number of piperidine rings is 1. The van der Waals surface area contributed by atoms with Crippen LogP contribution in [0.25, 0.3) is 11.4 Å². The predicted molar refractivity (Wildman–Crippen MR) is 104 cm³/mol. The highest BCUT2D eigenvalue weighted by Crippen LogP contribution is 2.28. The van der Waals surface area contributed by atoms with Gasteiger partial charge in [0.15, 0.2) is 0 Å². The van der Waals surface area contributed by atoms with Gasteiger partial charge in [-0.3, -0.25) is 4.98 Å². The molecule has 1 aliphatic rings. The number of pyridine rings is 1. The van der Waals surface area contributed by atoms with Gasteiger partial charge in [0.1, 0.15) is 16.5 Å². The first-order valence-corrected chi connectivity index (χ1v) is 11.1. The maximum Gasteiger partial charge on any atom is 0.246 e. The van der Waals surface area contributed by atoms with E-state index in [4.69, 9.17) is 4.52 Å². The van der Waals surface area contributed by atoms with E-state index < -0.39 is 26.6 Å². The zero-order valence-electron chi connectivity index (χ0n) is 16.0. The van der Waals surface area contributed by atoms with Crippen molar-refractivity contribution in [3.63, 3.8) is 0 Å². The number of sulfonamides is 1. The molecule has 0 amide bonds. The quantitative estimate of drug-likeness (QED) is 0.590. The molecule has 0 aliphatic carbocycles. The molecule has 0 N–H and O–H groups in total. The van der Waals surface area contributed by atoms with Crippen LogP contribution in [0.5, 0.6) is 0 Å². The van der Waals surface area contributed by atoms with Crippen molar-refractivity contribution in [2.45, 2.75) is 30.6 Å². The molecule has 3 heterocycles. The number of aryl methyl sites for hydroxylation is 1. The Morgan fingerprint density at radius 1 is 1.23 bits per heavy atom. The van der Waals surface area contributed by atoms with Crippen LogP contribution in [0, 0.1) is 17.6 Å². The zero-order valence-corrected chi connectivity index (χ0v) is 16.9. The summed E-state index contributed by atoms with van der Waals surface area (Å²) in [6.45, 7) is 0.516. The molecule has 1 aliphatic heterocycles. The first-order valence-electron chi connectivity index (χ1n) is 9.61. The van der Waals surface area contributed by atoms with Crippen molar-refractivity contribution >= 4 is 10.0 Å². The summed E-state index contributed by atoms with van der Waals surface area (Å²) in [5.41, 5.74) is 0.750. The van der Waals surface area contributed by atoms with E-state index in [-0.39, 0.29) is 19.0 Å². The van der Waals surface area contributed by atoms with Gasteiger partial charge < -0.3 is 4.52 Å². The van der Waals surface area contributed by atoms with Crippen LogP contribution in [0.4, 0.5) is 8.78 Å². The minimum Gasteiger partial charge on any atom is -0.339 e. The molecular weight excluding hydrogens is 414 g/mol. The van der Waals surface area contributed by atoms with E-state index in [0.717, 1.165) is 30.2 Å². The van der Waals surface area contributed by atoms with Crippen molar-refractivity contribution in [1.29, 1.82) is 0 Å². The number of aromatic nitrogens is 3. The molecule has 10 heteroatoms. The van der Waals surface area contributed by atoms with E-state index in [1.807, 2.05) is 6.07 Å². The van der Waals surface area contributed by atoms with E-state index in [1.54, 1.807) is 18.5 Å². The van der Waals surface area contributed by atoms with Crippen LogP contribution in [0.3, 0.4) is 0 Å². The summed E-state index contributed by atoms with van der Waals surface area (Å²) in [5, 5.41) is 3.95. The second-order valence-electron chi connectivity index (χ2n) is 7.24. The molecule has 1 saturated heterocycles. The third-order valence-corrected chi connectivity index (χ3v) is 7.03. The zero-order chi connectivity index (χ0) is 21.1. The Labute approximate surface area is 172 Å². The van der Waals surface area contributed by atoms with Gasteiger partial charge in [-0.2, -0.15) is 9.29 Å². The van der Waals surface area contributed by atoms with Gasteiger partial charge in [0.25, 0.3) is 0 Å². The minimum atomic E-state index is -4.10. The van der Waals surface area contributed by atoms with Crippen LogP contribution in [0.2, 0.25) is 0 Å². The van der Waals surface area contributed by atoms with Gasteiger partial charge in [0.05, 0.1) is 0 Å². The molecule has 7 nitrogen and oxygen atoms in total. The first kappa shape index (κ1) is 20.5. The van der Waals surface area contributed by atoms with Crippen LogP contribution in [0.1, 0.15) is 25.2 Å². The fourth-order valence-corrected chi connectivity index (χ4v) is 5.22. The topological polar surface area (TPSA) is 89.2 Å². The Morgan fingerprint density at radius 3 is 2.90 bits per heavy atom. The van der Waals surface area contributed by atoms with Crippen molar-refractivity contribution in [2.75, 3.05) is 13.1 Å². The molecular formula is C20H20F2N4O3S. The average molecular weight is 434 g/mol. The Bertz CT molecular complexity index is 1120. The molecule has 30 heavy (non-hydrogen) atoms. The van der Waals surface area contributed by atoms with Gasteiger partial charge in [0.2, 0.25) is 21.7 Å². The van der Waals surface area contributed by atoms with Crippen molar-refractivity contribution < 1.29 is 21.7 Å². The maximum absolute atomic E-state index is 14.0. The van der Waals surface area contributed by atoms with Gasteiger partial charge in [0, 0.05) is 37.5 Å². The standard InChI is InChI=1S/C20H20F2N4O3S/c21-16-6-7-17(22)18(11-16)30(27,28)26-10-2-3-14(13-26)5-8-19-24-20(25-29-19)15-4-1-9-23-12-15/h1,4,6-7,9,11-12,14H,2-3,5,8,10,13H2. The third-order valence-electron chi connectivity index (χ3n) is 5.15. The number of nitrogens with zero attached hydrogens (tertiary/aromatic N) is 4. The molecule has 0 radical (unpaired) electrons. The summed E-state index contributed by atoms with van der Waals surface area (Å²) in [4.78, 5) is 7.76. The molecule has 4 rings (SSSR count). The summed E-state index contributed by atoms with van der Waals surface area (Å²) in [6.07, 6.45) is 5.92. The number of rotatable bonds is 6. The number of hydrogen-bond donors (Lipinski definition) is 0. The lowest BCUT2D eigenvalue weighted by Crippen LogP contribution is -2.40. The lowest BCUT2D eigenvalue weighted by molar-refractivity contribution is 0.249. The van der Waals surface area contributed by atoms with Crippen molar-refractivity contribution in [3.05, 3.63) is 60.3 Å². The molecule has 0 bridgehead atoms. The molecule has 2 aromatic heterocycles. The Morgan fingerprint density at radius 2 is 2.10 bits per heavy atom. The Kier molecular flexibility index (Phi) is 5.87. The molecule has 1 unspecified atom stereocenters. The SMILES string of the molecule is O=S(=O)(c1cc(F)ccc1F)N1CCCC(CCc2nc(-c3cccnc3)no2)C1. The van der Waals surface area contributed by atoms with Gasteiger partial charge in [-0.1, -0.05) is 5.16 Å². The molecule has 1 atom stereocenters. The molecule has 1 aromatic carbocycles. The fourth-order valence-electron chi connectivity index (χ4n) is 3.59. The summed E-state index contributed by atoms with van der Waals surface area (Å²) in [7, 11) is -4.10. The highest BCUT2D eigenvalue weighted by Gasteiger charge is 2.32. The summed E-state index contributed by atoms with van der Waals surface area (Å²) >= 11 is 0. The first-order chi connectivity index (χ1) is 14.4. The van der Waals surface area contributed by atoms with Gasteiger partial charge in [-0.05, 0) is 55.5 Å². The Balaban J connectivity index is 1.41. The molecule has 3 aromatic rings. The summed E-state index contributed by atoms with van der Waals surface area (Å²) < 4.78 is 59.6. The summed E-state index contributed by atoms with van der Waals surface area (Å²) in [5.74, 6) is -0.770. The molecule has 0 saturated carbocycles. The molecule has 1 fully saturated rings. The largest absolute Gasteiger partial charge is 0.339 e. The third kappa shape index (κ3) is 4.39. The van der Waals surface area contributed by atoms with E-state index in [9.17, 15) is 17.2 Å². The van der Waals surface area contributed by atoms with Crippen molar-refractivity contribution in [3.8, 4) is 11.4 Å². The predicted octanol–water partition coefficient (Wildman–Crippen LogP) is 3.44. The van der Waals surface area contributed by atoms with Crippen LogP contribution < -0.4 is 0 Å². The smallest absolute Gasteiger partial charge is 0.246 e. The average Bonchev–Trinajstić information content (AvgIpc) is 3.24. The lowest BCUT2D eigenvalue weighted by Gasteiger charge is -2.31. The highest BCUT2D eigenvalue weighted by molar-refractivity contribution is 7.89. The van der Waals surface area contributed by atoms with Crippen molar-refractivity contribution in [2.24, 2.45) is 5.92 Å². The second kappa shape index (κ2) is 8.57. The van der Waals surface area contributed by atoms with E-state index >= 15 is 0 Å².